The summed E-state index contributed by atoms with van der Waals surface area (Å²) in [6, 6.07) is 5.25. The van der Waals surface area contributed by atoms with Crippen LogP contribution in [0, 0.1) is 12.7 Å². The maximum Gasteiger partial charge on any atom is 0.179 e. The molecule has 18 heavy (non-hydrogen) atoms. The fourth-order valence-electron chi connectivity index (χ4n) is 1.54. The first-order valence-corrected chi connectivity index (χ1v) is 7.20. The lowest BCUT2D eigenvalue weighted by atomic mass is 10.1. The minimum absolute atomic E-state index is 0.0358. The van der Waals surface area contributed by atoms with E-state index < -0.39 is 0 Å². The molecule has 0 aliphatic rings. The lowest BCUT2D eigenvalue weighted by Gasteiger charge is -2.07. The van der Waals surface area contributed by atoms with E-state index in [4.69, 9.17) is 5.73 Å². The molecule has 0 saturated carbocycles. The molecule has 0 saturated heterocycles. The van der Waals surface area contributed by atoms with Crippen LogP contribution in [0.1, 0.15) is 17.5 Å². The molecule has 6 heteroatoms. The van der Waals surface area contributed by atoms with Gasteiger partial charge in [-0.2, -0.15) is 0 Å². The van der Waals surface area contributed by atoms with E-state index in [2.05, 4.69) is 10.2 Å². The molecular weight excluding hydrogens is 269 g/mol. The topological polar surface area (TPSA) is 51.8 Å². The van der Waals surface area contributed by atoms with Crippen LogP contribution in [0.15, 0.2) is 27.4 Å². The van der Waals surface area contributed by atoms with Gasteiger partial charge >= 0.3 is 0 Å². The molecule has 0 amide bonds. The molecule has 3 nitrogen and oxygen atoms in total. The summed E-state index contributed by atoms with van der Waals surface area (Å²) in [5.74, 6) is -0.231. The zero-order chi connectivity index (χ0) is 13.1. The molecule has 1 heterocycles. The maximum atomic E-state index is 13.9. The van der Waals surface area contributed by atoms with Crippen molar-refractivity contribution < 1.29 is 4.39 Å². The number of aryl methyl sites for hydroxylation is 1. The van der Waals surface area contributed by atoms with Gasteiger partial charge in [0.1, 0.15) is 10.8 Å². The predicted molar refractivity (Wildman–Crippen MR) is 72.5 cm³/mol. The molecule has 0 fully saturated rings. The number of rotatable bonds is 4. The Hall–Kier alpha value is -0.980. The van der Waals surface area contributed by atoms with Gasteiger partial charge in [0.2, 0.25) is 0 Å². The average Bonchev–Trinajstić information content (AvgIpc) is 2.67. The van der Waals surface area contributed by atoms with Crippen molar-refractivity contribution in [3.05, 3.63) is 34.6 Å². The van der Waals surface area contributed by atoms with E-state index in [1.54, 1.807) is 12.1 Å². The summed E-state index contributed by atoms with van der Waals surface area (Å²) >= 11 is 2.76. The van der Waals surface area contributed by atoms with Gasteiger partial charge in [-0.15, -0.1) is 10.2 Å². The molecular formula is C12H14FN3S2. The van der Waals surface area contributed by atoms with E-state index in [0.29, 0.717) is 11.3 Å². The van der Waals surface area contributed by atoms with Crippen molar-refractivity contribution in [2.75, 3.05) is 0 Å². The highest BCUT2D eigenvalue weighted by Crippen LogP contribution is 2.32. The third kappa shape index (κ3) is 3.51. The molecule has 0 bridgehead atoms. The van der Waals surface area contributed by atoms with Gasteiger partial charge < -0.3 is 5.73 Å². The standard InChI is InChI=1S/C12H14FN3S2/c1-7(14)5-9-3-4-11(10(13)6-9)18-12-16-15-8(2)17-12/h3-4,6-7H,5,14H2,1-2H3. The fraction of sp³-hybridized carbons (Fsp3) is 0.333. The number of benzene rings is 1. The molecule has 0 aliphatic heterocycles. The third-order valence-corrected chi connectivity index (χ3v) is 4.20. The molecule has 0 radical (unpaired) electrons. The van der Waals surface area contributed by atoms with Crippen LogP contribution in [0.4, 0.5) is 4.39 Å². The third-order valence-electron chi connectivity index (χ3n) is 2.26. The Labute approximate surface area is 114 Å². The van der Waals surface area contributed by atoms with Crippen LogP contribution in [-0.2, 0) is 6.42 Å². The first-order chi connectivity index (χ1) is 8.54. The quantitative estimate of drug-likeness (QED) is 0.937. The largest absolute Gasteiger partial charge is 0.328 e. The Bertz CT molecular complexity index is 540. The highest BCUT2D eigenvalue weighted by atomic mass is 32.2. The second-order valence-electron chi connectivity index (χ2n) is 4.14. The Balaban J connectivity index is 2.14. The fourth-order valence-corrected chi connectivity index (χ4v) is 3.32. The number of hydrogen-bond donors (Lipinski definition) is 1. The van der Waals surface area contributed by atoms with Crippen molar-refractivity contribution in [3.8, 4) is 0 Å². The molecule has 0 spiro atoms. The van der Waals surface area contributed by atoms with Crippen molar-refractivity contribution in [3.63, 3.8) is 0 Å². The number of nitrogens with two attached hydrogens (primary N) is 1. The zero-order valence-electron chi connectivity index (χ0n) is 10.2. The van der Waals surface area contributed by atoms with Gasteiger partial charge in [-0.3, -0.25) is 0 Å². The molecule has 2 N–H and O–H groups in total. The molecule has 1 aromatic carbocycles. The average molecular weight is 283 g/mol. The van der Waals surface area contributed by atoms with E-state index in [-0.39, 0.29) is 11.9 Å². The van der Waals surface area contributed by atoms with Crippen molar-refractivity contribution in [2.24, 2.45) is 5.73 Å². The maximum absolute atomic E-state index is 13.9. The smallest absolute Gasteiger partial charge is 0.179 e. The molecule has 1 unspecified atom stereocenters. The van der Waals surface area contributed by atoms with Crippen LogP contribution >= 0.6 is 23.1 Å². The van der Waals surface area contributed by atoms with Gasteiger partial charge in [0.15, 0.2) is 4.34 Å². The molecule has 96 valence electrons. The Morgan fingerprint density at radius 2 is 2.22 bits per heavy atom. The van der Waals surface area contributed by atoms with Gasteiger partial charge in [-0.1, -0.05) is 29.2 Å². The highest BCUT2D eigenvalue weighted by Gasteiger charge is 2.09. The Morgan fingerprint density at radius 3 is 2.78 bits per heavy atom. The van der Waals surface area contributed by atoms with Gasteiger partial charge in [-0.25, -0.2) is 4.39 Å². The van der Waals surface area contributed by atoms with Crippen LogP contribution in [-0.4, -0.2) is 16.2 Å². The minimum atomic E-state index is -0.231. The summed E-state index contributed by atoms with van der Waals surface area (Å²) < 4.78 is 14.6. The van der Waals surface area contributed by atoms with E-state index in [9.17, 15) is 4.39 Å². The van der Waals surface area contributed by atoms with Crippen molar-refractivity contribution >= 4 is 23.1 Å². The number of hydrogen-bond acceptors (Lipinski definition) is 5. The van der Waals surface area contributed by atoms with Crippen LogP contribution in [0.3, 0.4) is 0 Å². The summed E-state index contributed by atoms with van der Waals surface area (Å²) in [6.45, 7) is 3.79. The number of nitrogens with zero attached hydrogens (tertiary/aromatic N) is 2. The summed E-state index contributed by atoms with van der Waals surface area (Å²) in [7, 11) is 0. The lowest BCUT2D eigenvalue weighted by molar-refractivity contribution is 0.597. The molecule has 0 aliphatic carbocycles. The first-order valence-electron chi connectivity index (χ1n) is 5.56. The van der Waals surface area contributed by atoms with Crippen LogP contribution in [0.5, 0.6) is 0 Å². The van der Waals surface area contributed by atoms with Crippen molar-refractivity contribution in [2.45, 2.75) is 35.5 Å². The van der Waals surface area contributed by atoms with Crippen molar-refractivity contribution in [1.82, 2.24) is 10.2 Å². The van der Waals surface area contributed by atoms with E-state index in [1.807, 2.05) is 19.9 Å². The molecule has 1 atom stereocenters. The Morgan fingerprint density at radius 1 is 1.44 bits per heavy atom. The zero-order valence-corrected chi connectivity index (χ0v) is 11.8. The van der Waals surface area contributed by atoms with E-state index in [1.165, 1.54) is 23.1 Å². The second kappa shape index (κ2) is 5.77. The van der Waals surface area contributed by atoms with E-state index >= 15 is 0 Å². The van der Waals surface area contributed by atoms with Crippen LogP contribution in [0.2, 0.25) is 0 Å². The SMILES string of the molecule is Cc1nnc(Sc2ccc(CC(C)N)cc2F)s1. The second-order valence-corrected chi connectivity index (χ2v) is 6.61. The highest BCUT2D eigenvalue weighted by molar-refractivity contribution is 8.01. The van der Waals surface area contributed by atoms with Gasteiger partial charge in [0.25, 0.3) is 0 Å². The van der Waals surface area contributed by atoms with E-state index in [0.717, 1.165) is 14.9 Å². The summed E-state index contributed by atoms with van der Waals surface area (Å²) in [5, 5.41) is 8.76. The number of aromatic nitrogens is 2. The molecule has 2 rings (SSSR count). The lowest BCUT2D eigenvalue weighted by Crippen LogP contribution is -2.17. The normalized spacial score (nSPS) is 12.7. The monoisotopic (exact) mass is 283 g/mol. The van der Waals surface area contributed by atoms with Gasteiger partial charge in [0.05, 0.1) is 4.90 Å². The summed E-state index contributed by atoms with van der Waals surface area (Å²) in [6.07, 6.45) is 0.680. The minimum Gasteiger partial charge on any atom is -0.328 e. The van der Waals surface area contributed by atoms with Crippen LogP contribution < -0.4 is 5.73 Å². The first kappa shape index (κ1) is 13.5. The summed E-state index contributed by atoms with van der Waals surface area (Å²) in [4.78, 5) is 0.569. The number of halogens is 1. The summed E-state index contributed by atoms with van der Waals surface area (Å²) in [5.41, 5.74) is 6.61. The molecule has 2 aromatic rings. The van der Waals surface area contributed by atoms with Crippen molar-refractivity contribution in [1.29, 1.82) is 0 Å². The van der Waals surface area contributed by atoms with Crippen LogP contribution in [0.25, 0.3) is 0 Å². The molecule has 1 aromatic heterocycles. The predicted octanol–water partition coefficient (Wildman–Crippen LogP) is 3.03. The van der Waals surface area contributed by atoms with Gasteiger partial charge in [-0.05, 0) is 38.0 Å². The Kier molecular flexibility index (Phi) is 4.31. The van der Waals surface area contributed by atoms with Gasteiger partial charge in [0, 0.05) is 6.04 Å².